The molecule has 0 aliphatic carbocycles. The highest BCUT2D eigenvalue weighted by molar-refractivity contribution is 7.98. The third-order valence-electron chi connectivity index (χ3n) is 3.58. The number of Topliss-reactive ketones (excluding diaryl/α,β-unsaturated/α-hetero) is 1. The van der Waals surface area contributed by atoms with Gasteiger partial charge in [-0.1, -0.05) is 12.1 Å². The van der Waals surface area contributed by atoms with Crippen LogP contribution in [-0.4, -0.2) is 38.8 Å². The molecular weight excluding hydrogens is 352 g/mol. The molecular formula is C20H20O5S. The maximum Gasteiger partial charge on any atom is 0.331 e. The Hall–Kier alpha value is -2.73. The minimum Gasteiger partial charge on any atom is -0.497 e. The van der Waals surface area contributed by atoms with Crippen LogP contribution < -0.4 is 9.47 Å². The number of benzene rings is 2. The first-order chi connectivity index (χ1) is 12.6. The molecule has 0 atom stereocenters. The second-order valence-corrected chi connectivity index (χ2v) is 6.08. The van der Waals surface area contributed by atoms with Gasteiger partial charge in [0, 0.05) is 17.0 Å². The van der Waals surface area contributed by atoms with Crippen molar-refractivity contribution in [2.75, 3.05) is 27.1 Å². The molecule has 2 aromatic rings. The molecule has 136 valence electrons. The molecule has 6 heteroatoms. The van der Waals surface area contributed by atoms with Crippen molar-refractivity contribution in [3.63, 3.8) is 0 Å². The summed E-state index contributed by atoms with van der Waals surface area (Å²) in [6, 6.07) is 12.6. The molecule has 0 unspecified atom stereocenters. The minimum absolute atomic E-state index is 0.331. The van der Waals surface area contributed by atoms with Crippen LogP contribution in [0, 0.1) is 0 Å². The molecule has 0 aromatic heterocycles. The third kappa shape index (κ3) is 5.39. The summed E-state index contributed by atoms with van der Waals surface area (Å²) in [5.74, 6) is 0.0102. The summed E-state index contributed by atoms with van der Waals surface area (Å²) in [6.45, 7) is -0.364. The molecule has 2 aromatic carbocycles. The van der Waals surface area contributed by atoms with Gasteiger partial charge in [0.1, 0.15) is 11.5 Å². The number of hydrogen-bond donors (Lipinski definition) is 0. The van der Waals surface area contributed by atoms with E-state index in [1.165, 1.54) is 20.3 Å². The molecule has 0 heterocycles. The predicted octanol–water partition coefficient (Wildman–Crippen LogP) is 3.87. The molecule has 0 bridgehead atoms. The number of esters is 1. The van der Waals surface area contributed by atoms with E-state index in [2.05, 4.69) is 0 Å². The van der Waals surface area contributed by atoms with Gasteiger partial charge in [-0.15, -0.1) is 11.8 Å². The number of methoxy groups -OCH3 is 2. The first kappa shape index (κ1) is 19.6. The van der Waals surface area contributed by atoms with Gasteiger partial charge in [0.25, 0.3) is 0 Å². The molecule has 5 nitrogen and oxygen atoms in total. The standard InChI is InChI=1S/C20H20O5S/c1-23-15-7-10-17(19(12-15)24-2)18(21)13-25-20(22)11-6-14-4-8-16(26-3)9-5-14/h4-12H,13H2,1-3H3/b11-6+. The molecule has 26 heavy (non-hydrogen) atoms. The zero-order chi connectivity index (χ0) is 18.9. The van der Waals surface area contributed by atoms with Crippen molar-refractivity contribution >= 4 is 29.6 Å². The molecule has 0 N–H and O–H groups in total. The summed E-state index contributed by atoms with van der Waals surface area (Å²) in [5.41, 5.74) is 1.21. The average Bonchev–Trinajstić information content (AvgIpc) is 2.70. The molecule has 0 radical (unpaired) electrons. The van der Waals surface area contributed by atoms with Crippen LogP contribution in [0.2, 0.25) is 0 Å². The van der Waals surface area contributed by atoms with Crippen molar-refractivity contribution in [1.82, 2.24) is 0 Å². The van der Waals surface area contributed by atoms with Crippen LogP contribution in [0.3, 0.4) is 0 Å². The van der Waals surface area contributed by atoms with Crippen LogP contribution in [-0.2, 0) is 9.53 Å². The van der Waals surface area contributed by atoms with Gasteiger partial charge >= 0.3 is 5.97 Å². The van der Waals surface area contributed by atoms with Gasteiger partial charge in [-0.2, -0.15) is 0 Å². The second kappa shape index (κ2) is 9.68. The quantitative estimate of drug-likeness (QED) is 0.303. The number of carbonyl (C=O) groups excluding carboxylic acids is 2. The third-order valence-corrected chi connectivity index (χ3v) is 4.33. The summed E-state index contributed by atoms with van der Waals surface area (Å²) < 4.78 is 15.3. The maximum absolute atomic E-state index is 12.2. The van der Waals surface area contributed by atoms with Crippen LogP contribution in [0.4, 0.5) is 0 Å². The largest absolute Gasteiger partial charge is 0.497 e. The van der Waals surface area contributed by atoms with E-state index in [1.54, 1.807) is 36.0 Å². The fourth-order valence-electron chi connectivity index (χ4n) is 2.17. The first-order valence-electron chi connectivity index (χ1n) is 7.81. The van der Waals surface area contributed by atoms with Gasteiger partial charge in [-0.25, -0.2) is 4.79 Å². The molecule has 0 spiro atoms. The minimum atomic E-state index is -0.584. The molecule has 2 rings (SSSR count). The van der Waals surface area contributed by atoms with Crippen molar-refractivity contribution < 1.29 is 23.8 Å². The van der Waals surface area contributed by atoms with E-state index in [1.807, 2.05) is 30.5 Å². The molecule has 0 saturated heterocycles. The molecule has 0 aliphatic rings. The monoisotopic (exact) mass is 372 g/mol. The highest BCUT2D eigenvalue weighted by Gasteiger charge is 2.14. The lowest BCUT2D eigenvalue weighted by molar-refractivity contribution is -0.136. The first-order valence-corrected chi connectivity index (χ1v) is 9.04. The van der Waals surface area contributed by atoms with E-state index in [0.717, 1.165) is 10.5 Å². The number of hydrogen-bond acceptors (Lipinski definition) is 6. The zero-order valence-corrected chi connectivity index (χ0v) is 15.7. The van der Waals surface area contributed by atoms with E-state index < -0.39 is 5.97 Å². The molecule has 0 saturated carbocycles. The summed E-state index contributed by atoms with van der Waals surface area (Å²) in [4.78, 5) is 25.2. The SMILES string of the molecule is COc1ccc(C(=O)COC(=O)/C=C/c2ccc(SC)cc2)c(OC)c1. The fraction of sp³-hybridized carbons (Fsp3) is 0.200. The highest BCUT2D eigenvalue weighted by atomic mass is 32.2. The lowest BCUT2D eigenvalue weighted by atomic mass is 10.1. The van der Waals surface area contributed by atoms with Gasteiger partial charge in [-0.3, -0.25) is 4.79 Å². The van der Waals surface area contributed by atoms with Crippen molar-refractivity contribution in [1.29, 1.82) is 0 Å². The van der Waals surface area contributed by atoms with Crippen LogP contribution in [0.1, 0.15) is 15.9 Å². The smallest absolute Gasteiger partial charge is 0.331 e. The normalized spacial score (nSPS) is 10.6. The Morgan fingerprint density at radius 1 is 1.04 bits per heavy atom. The summed E-state index contributed by atoms with van der Waals surface area (Å²) in [6.07, 6.45) is 4.94. The number of carbonyl (C=O) groups is 2. The second-order valence-electron chi connectivity index (χ2n) is 5.20. The van der Waals surface area contributed by atoms with Crippen molar-refractivity contribution in [3.05, 3.63) is 59.7 Å². The van der Waals surface area contributed by atoms with E-state index in [4.69, 9.17) is 14.2 Å². The summed E-state index contributed by atoms with van der Waals surface area (Å²) in [7, 11) is 2.99. The number of ether oxygens (including phenoxy) is 3. The van der Waals surface area contributed by atoms with Gasteiger partial charge < -0.3 is 14.2 Å². The van der Waals surface area contributed by atoms with E-state index in [-0.39, 0.29) is 12.4 Å². The maximum atomic E-state index is 12.2. The Bertz CT molecular complexity index is 796. The Kier molecular flexibility index (Phi) is 7.29. The Morgan fingerprint density at radius 3 is 2.38 bits per heavy atom. The van der Waals surface area contributed by atoms with Crippen molar-refractivity contribution in [2.24, 2.45) is 0 Å². The lowest BCUT2D eigenvalue weighted by Crippen LogP contribution is -2.13. The van der Waals surface area contributed by atoms with E-state index >= 15 is 0 Å². The van der Waals surface area contributed by atoms with Crippen LogP contribution in [0.25, 0.3) is 6.08 Å². The number of ketones is 1. The van der Waals surface area contributed by atoms with Crippen molar-refractivity contribution in [2.45, 2.75) is 4.90 Å². The summed E-state index contributed by atoms with van der Waals surface area (Å²) >= 11 is 1.65. The Morgan fingerprint density at radius 2 is 1.77 bits per heavy atom. The molecule has 0 amide bonds. The number of rotatable bonds is 8. The van der Waals surface area contributed by atoms with Gasteiger partial charge in [0.15, 0.2) is 6.61 Å². The fourth-order valence-corrected chi connectivity index (χ4v) is 2.58. The Balaban J connectivity index is 1.94. The van der Waals surface area contributed by atoms with Gasteiger partial charge in [-0.05, 0) is 42.2 Å². The highest BCUT2D eigenvalue weighted by Crippen LogP contribution is 2.25. The van der Waals surface area contributed by atoms with Crippen molar-refractivity contribution in [3.8, 4) is 11.5 Å². The Labute approximate surface area is 157 Å². The van der Waals surface area contributed by atoms with Gasteiger partial charge in [0.2, 0.25) is 5.78 Å². The lowest BCUT2D eigenvalue weighted by Gasteiger charge is -2.09. The van der Waals surface area contributed by atoms with E-state index in [9.17, 15) is 9.59 Å². The van der Waals surface area contributed by atoms with Gasteiger partial charge in [0.05, 0.1) is 19.8 Å². The average molecular weight is 372 g/mol. The van der Waals surface area contributed by atoms with Crippen LogP contribution in [0.5, 0.6) is 11.5 Å². The number of thioether (sulfide) groups is 1. The topological polar surface area (TPSA) is 61.8 Å². The van der Waals surface area contributed by atoms with Crippen LogP contribution >= 0.6 is 11.8 Å². The van der Waals surface area contributed by atoms with Crippen LogP contribution in [0.15, 0.2) is 53.4 Å². The summed E-state index contributed by atoms with van der Waals surface area (Å²) in [5, 5.41) is 0. The molecule has 0 fully saturated rings. The zero-order valence-electron chi connectivity index (χ0n) is 14.9. The van der Waals surface area contributed by atoms with E-state index in [0.29, 0.717) is 17.1 Å². The predicted molar refractivity (Wildman–Crippen MR) is 102 cm³/mol. The molecule has 0 aliphatic heterocycles.